The average Bonchev–Trinajstić information content (AvgIpc) is 3.06. The number of hydrogen-bond donors (Lipinski definition) is 2. The summed E-state index contributed by atoms with van der Waals surface area (Å²) >= 11 is 0.942. The number of nitrogens with two attached hydrogens (primary N) is 1. The van der Waals surface area contributed by atoms with E-state index in [1.165, 1.54) is 7.05 Å². The molecule has 156 valence electrons. The van der Waals surface area contributed by atoms with Gasteiger partial charge in [-0.3, -0.25) is 4.79 Å². The molecule has 0 aliphatic rings. The molecule has 2 rings (SSSR count). The number of nitrogen functional groups attached to an aromatic ring is 1. The Morgan fingerprint density at radius 1 is 1.07 bits per heavy atom. The molecular weight excluding hydrogens is 396 g/mol. The highest BCUT2D eigenvalue weighted by Gasteiger charge is 2.27. The van der Waals surface area contributed by atoms with E-state index < -0.39 is 17.8 Å². The fourth-order valence-corrected chi connectivity index (χ4v) is 3.48. The molecule has 1 aromatic carbocycles. The van der Waals surface area contributed by atoms with Crippen molar-refractivity contribution in [1.82, 2.24) is 5.32 Å². The maximum Gasteiger partial charge on any atom is 0.341 e. The third-order valence-electron chi connectivity index (χ3n) is 3.86. The number of thiophene rings is 1. The number of rotatable bonds is 9. The van der Waals surface area contributed by atoms with E-state index in [-0.39, 0.29) is 34.2 Å². The topological polar surface area (TPSA) is 117 Å². The molecule has 0 aliphatic carbocycles. The summed E-state index contributed by atoms with van der Waals surface area (Å²) in [6.45, 7) is 4.10. The maximum atomic E-state index is 12.4. The lowest BCUT2D eigenvalue weighted by atomic mass is 10.1. The lowest BCUT2D eigenvalue weighted by Gasteiger charge is -2.09. The highest BCUT2D eigenvalue weighted by molar-refractivity contribution is 7.18. The average molecular weight is 420 g/mol. The third-order valence-corrected chi connectivity index (χ3v) is 4.92. The minimum absolute atomic E-state index is 0.0477. The number of anilines is 1. The van der Waals surface area contributed by atoms with Crippen molar-refractivity contribution in [2.45, 2.75) is 26.9 Å². The normalized spacial score (nSPS) is 10.3. The van der Waals surface area contributed by atoms with Crippen LogP contribution in [0.15, 0.2) is 24.3 Å². The molecule has 1 heterocycles. The Hall–Kier alpha value is -3.07. The van der Waals surface area contributed by atoms with Gasteiger partial charge in [-0.2, -0.15) is 0 Å². The quantitative estimate of drug-likeness (QED) is 0.599. The van der Waals surface area contributed by atoms with Crippen LogP contribution in [0.1, 0.15) is 56.2 Å². The van der Waals surface area contributed by atoms with Gasteiger partial charge in [0, 0.05) is 12.6 Å². The number of benzene rings is 1. The Kier molecular flexibility index (Phi) is 8.02. The van der Waals surface area contributed by atoms with Crippen molar-refractivity contribution in [2.75, 3.05) is 26.0 Å². The molecule has 2 aromatic rings. The minimum Gasteiger partial charge on any atom is -0.494 e. The molecule has 29 heavy (non-hydrogen) atoms. The number of esters is 2. The van der Waals surface area contributed by atoms with Gasteiger partial charge in [0.25, 0.3) is 5.91 Å². The van der Waals surface area contributed by atoms with E-state index in [1.807, 2.05) is 6.92 Å². The molecule has 0 saturated carbocycles. The molecule has 9 heteroatoms. The third kappa shape index (κ3) is 5.47. The van der Waals surface area contributed by atoms with Gasteiger partial charge in [0.05, 0.1) is 18.8 Å². The SMILES string of the molecule is CCCOc1ccc(C(=O)OCc2c(C(=O)NC)sc(N)c2C(=O)OCC)cc1. The van der Waals surface area contributed by atoms with Crippen LogP contribution in [0.2, 0.25) is 0 Å². The van der Waals surface area contributed by atoms with Crippen molar-refractivity contribution >= 4 is 34.2 Å². The monoisotopic (exact) mass is 420 g/mol. The molecule has 0 bridgehead atoms. The lowest BCUT2D eigenvalue weighted by Crippen LogP contribution is -2.19. The van der Waals surface area contributed by atoms with Crippen LogP contribution in [0.5, 0.6) is 5.75 Å². The zero-order valence-corrected chi connectivity index (χ0v) is 17.4. The van der Waals surface area contributed by atoms with Gasteiger partial charge < -0.3 is 25.3 Å². The molecule has 0 aliphatic heterocycles. The van der Waals surface area contributed by atoms with Gasteiger partial charge in [0.1, 0.15) is 27.8 Å². The number of carbonyl (C=O) groups excluding carboxylic acids is 3. The number of carbonyl (C=O) groups is 3. The Labute approximate surface area is 172 Å². The molecule has 0 atom stereocenters. The van der Waals surface area contributed by atoms with Crippen molar-refractivity contribution in [2.24, 2.45) is 0 Å². The van der Waals surface area contributed by atoms with Crippen molar-refractivity contribution in [3.8, 4) is 5.75 Å². The van der Waals surface area contributed by atoms with Gasteiger partial charge in [-0.15, -0.1) is 11.3 Å². The first-order valence-electron chi connectivity index (χ1n) is 9.13. The predicted octanol–water partition coefficient (Wildman–Crippen LogP) is 3.01. The molecule has 1 amide bonds. The zero-order chi connectivity index (χ0) is 21.4. The van der Waals surface area contributed by atoms with E-state index in [1.54, 1.807) is 31.2 Å². The number of amides is 1. The number of ether oxygens (including phenoxy) is 3. The second-order valence-electron chi connectivity index (χ2n) is 5.90. The molecule has 3 N–H and O–H groups in total. The van der Waals surface area contributed by atoms with Gasteiger partial charge in [0.2, 0.25) is 0 Å². The summed E-state index contributed by atoms with van der Waals surface area (Å²) in [6.07, 6.45) is 0.879. The summed E-state index contributed by atoms with van der Waals surface area (Å²) in [7, 11) is 1.46. The second-order valence-corrected chi connectivity index (χ2v) is 6.95. The van der Waals surface area contributed by atoms with E-state index >= 15 is 0 Å². The first-order chi connectivity index (χ1) is 13.9. The minimum atomic E-state index is -0.667. The smallest absolute Gasteiger partial charge is 0.341 e. The first-order valence-corrected chi connectivity index (χ1v) is 9.94. The zero-order valence-electron chi connectivity index (χ0n) is 16.6. The van der Waals surface area contributed by atoms with Crippen LogP contribution in [-0.4, -0.2) is 38.1 Å². The summed E-state index contributed by atoms with van der Waals surface area (Å²) in [6, 6.07) is 6.52. The van der Waals surface area contributed by atoms with Crippen LogP contribution in [0.25, 0.3) is 0 Å². The van der Waals surface area contributed by atoms with Crippen LogP contribution in [-0.2, 0) is 16.1 Å². The molecule has 0 unspecified atom stereocenters. The Morgan fingerprint density at radius 3 is 2.34 bits per heavy atom. The number of nitrogens with one attached hydrogen (secondary N) is 1. The second kappa shape index (κ2) is 10.5. The molecule has 0 spiro atoms. The Morgan fingerprint density at radius 2 is 1.76 bits per heavy atom. The van der Waals surface area contributed by atoms with Crippen molar-refractivity contribution < 1.29 is 28.6 Å². The van der Waals surface area contributed by atoms with Crippen molar-refractivity contribution in [3.05, 3.63) is 45.8 Å². The highest BCUT2D eigenvalue weighted by Crippen LogP contribution is 2.32. The van der Waals surface area contributed by atoms with Crippen LogP contribution >= 0.6 is 11.3 Å². The van der Waals surface area contributed by atoms with E-state index in [2.05, 4.69) is 5.32 Å². The summed E-state index contributed by atoms with van der Waals surface area (Å²) in [5.74, 6) is -1.05. The van der Waals surface area contributed by atoms with Crippen LogP contribution in [0.3, 0.4) is 0 Å². The predicted molar refractivity (Wildman–Crippen MR) is 109 cm³/mol. The van der Waals surface area contributed by atoms with E-state index in [4.69, 9.17) is 19.9 Å². The molecule has 0 saturated heterocycles. The summed E-state index contributed by atoms with van der Waals surface area (Å²) in [5, 5.41) is 2.61. The van der Waals surface area contributed by atoms with E-state index in [9.17, 15) is 14.4 Å². The van der Waals surface area contributed by atoms with Gasteiger partial charge in [-0.05, 0) is 37.6 Å². The van der Waals surface area contributed by atoms with Gasteiger partial charge in [-0.1, -0.05) is 6.92 Å². The number of hydrogen-bond acceptors (Lipinski definition) is 8. The van der Waals surface area contributed by atoms with Gasteiger partial charge in [0.15, 0.2) is 0 Å². The Bertz CT molecular complexity index is 876. The van der Waals surface area contributed by atoms with E-state index in [0.29, 0.717) is 17.9 Å². The Balaban J connectivity index is 2.20. The largest absolute Gasteiger partial charge is 0.494 e. The van der Waals surface area contributed by atoms with Crippen LogP contribution in [0, 0.1) is 0 Å². The molecule has 1 aromatic heterocycles. The summed E-state index contributed by atoms with van der Waals surface area (Å²) in [5.41, 5.74) is 6.51. The van der Waals surface area contributed by atoms with Gasteiger partial charge >= 0.3 is 11.9 Å². The van der Waals surface area contributed by atoms with Crippen molar-refractivity contribution in [1.29, 1.82) is 0 Å². The summed E-state index contributed by atoms with van der Waals surface area (Å²) < 4.78 is 15.8. The van der Waals surface area contributed by atoms with Crippen molar-refractivity contribution in [3.63, 3.8) is 0 Å². The molecular formula is C20H24N2O6S. The van der Waals surface area contributed by atoms with Crippen LogP contribution < -0.4 is 15.8 Å². The fraction of sp³-hybridized carbons (Fsp3) is 0.350. The fourth-order valence-electron chi connectivity index (χ4n) is 2.47. The van der Waals surface area contributed by atoms with Crippen LogP contribution in [0.4, 0.5) is 5.00 Å². The maximum absolute atomic E-state index is 12.4. The standard InChI is InChI=1S/C20H24N2O6S/c1-4-10-27-13-8-6-12(7-9-13)19(24)28-11-14-15(20(25)26-5-2)17(21)29-16(14)18(23)22-3/h6-9H,4-5,10-11,21H2,1-3H3,(H,22,23). The van der Waals surface area contributed by atoms with Gasteiger partial charge in [-0.25, -0.2) is 9.59 Å². The highest BCUT2D eigenvalue weighted by atomic mass is 32.1. The van der Waals surface area contributed by atoms with E-state index in [0.717, 1.165) is 17.8 Å². The molecule has 0 fully saturated rings. The lowest BCUT2D eigenvalue weighted by molar-refractivity contribution is 0.0449. The molecule has 0 radical (unpaired) electrons. The summed E-state index contributed by atoms with van der Waals surface area (Å²) in [4.78, 5) is 37.0. The molecule has 8 nitrogen and oxygen atoms in total. The first kappa shape index (κ1) is 22.2.